The van der Waals surface area contributed by atoms with E-state index in [4.69, 9.17) is 4.74 Å². The van der Waals surface area contributed by atoms with Crippen molar-refractivity contribution in [2.24, 2.45) is 0 Å². The largest absolute Gasteiger partial charge is 0.691 e. The van der Waals surface area contributed by atoms with Gasteiger partial charge in [-0.1, -0.05) is 6.42 Å². The molecule has 0 aliphatic heterocycles. The van der Waals surface area contributed by atoms with Crippen LogP contribution in [0.2, 0.25) is 0 Å². The van der Waals surface area contributed by atoms with E-state index in [-0.39, 0.29) is 12.0 Å². The summed E-state index contributed by atoms with van der Waals surface area (Å²) < 4.78 is 63.7. The Labute approximate surface area is 122 Å². The van der Waals surface area contributed by atoms with Crippen LogP contribution in [0.1, 0.15) is 32.1 Å². The zero-order chi connectivity index (χ0) is 15.4. The fraction of sp³-hybridized carbons (Fsp3) is 0.500. The zero-order valence-electron chi connectivity index (χ0n) is 10.7. The molecule has 0 aromatic heterocycles. The Balaban J connectivity index is 2.29. The molecule has 1 fully saturated rings. The maximum Gasteiger partial charge on any atom is 0.205 e. The Morgan fingerprint density at radius 2 is 1.48 bits per heavy atom. The van der Waals surface area contributed by atoms with Gasteiger partial charge in [0.1, 0.15) is 4.90 Å². The lowest BCUT2D eigenvalue weighted by Gasteiger charge is -2.23. The molecule has 0 atom stereocenters. The minimum atomic E-state index is -1.71. The molecule has 1 aromatic rings. The average molecular weight is 327 g/mol. The molecule has 0 heterocycles. The van der Waals surface area contributed by atoms with Crippen LogP contribution in [0.25, 0.3) is 0 Å². The lowest BCUT2D eigenvalue weighted by atomic mass is 9.98. The molecule has 2 rings (SSSR count). The smallest absolute Gasteiger partial charge is 0.205 e. The Bertz CT molecular complexity index is 480. The van der Waals surface area contributed by atoms with Gasteiger partial charge < -0.3 is 9.99 Å². The van der Waals surface area contributed by atoms with Gasteiger partial charge in [-0.25, -0.2) is 8.78 Å². The summed E-state index contributed by atoms with van der Waals surface area (Å²) in [5.74, 6) is -7.85. The molecule has 1 aliphatic carbocycles. The molecule has 118 valence electrons. The molecule has 0 radical (unpaired) electrons. The van der Waals surface area contributed by atoms with Gasteiger partial charge in [-0.2, -0.15) is 13.1 Å². The van der Waals surface area contributed by atoms with E-state index >= 15 is 0 Å². The van der Waals surface area contributed by atoms with Crippen LogP contribution in [0.15, 0.2) is 4.90 Å². The zero-order valence-corrected chi connectivity index (χ0v) is 11.5. The molecule has 4 nitrogen and oxygen atoms in total. The normalized spacial score (nSPS) is 16.2. The van der Waals surface area contributed by atoms with Crippen molar-refractivity contribution in [1.82, 2.24) is 0 Å². The number of ether oxygens (including phenoxy) is 1. The van der Waals surface area contributed by atoms with Crippen molar-refractivity contribution in [2.45, 2.75) is 43.1 Å². The molecule has 21 heavy (non-hydrogen) atoms. The second-order valence-corrected chi connectivity index (χ2v) is 5.22. The van der Waals surface area contributed by atoms with Crippen LogP contribution in [0, 0.1) is 23.3 Å². The van der Waals surface area contributed by atoms with Gasteiger partial charge in [0.25, 0.3) is 0 Å². The lowest BCUT2D eigenvalue weighted by Crippen LogP contribution is -2.21. The van der Waals surface area contributed by atoms with Crippen molar-refractivity contribution < 1.29 is 36.9 Å². The Morgan fingerprint density at radius 3 is 2.00 bits per heavy atom. The van der Waals surface area contributed by atoms with Crippen LogP contribution in [0.5, 0.6) is 5.75 Å². The van der Waals surface area contributed by atoms with Crippen molar-refractivity contribution in [3.8, 4) is 5.75 Å². The molecule has 1 aromatic carbocycles. The van der Waals surface area contributed by atoms with Crippen LogP contribution >= 0.6 is 12.0 Å². The molecular formula is C12H11F4O4S-. The minimum Gasteiger partial charge on any atom is -0.691 e. The van der Waals surface area contributed by atoms with E-state index < -0.39 is 40.0 Å². The van der Waals surface area contributed by atoms with Crippen LogP contribution in [0.4, 0.5) is 17.6 Å². The molecule has 1 aliphatic rings. The summed E-state index contributed by atoms with van der Waals surface area (Å²) in [5, 5.41) is 12.5. The lowest BCUT2D eigenvalue weighted by molar-refractivity contribution is -0.777. The monoisotopic (exact) mass is 327 g/mol. The van der Waals surface area contributed by atoms with Gasteiger partial charge in [-0.05, 0) is 25.7 Å². The molecule has 0 spiro atoms. The first-order valence-electron chi connectivity index (χ1n) is 6.22. The average Bonchev–Trinajstić information content (AvgIpc) is 2.51. The van der Waals surface area contributed by atoms with Crippen molar-refractivity contribution in [1.29, 1.82) is 0 Å². The SMILES string of the molecule is [O-]OOSc1c(F)c(F)c(OC2CCCCC2)c(F)c1F. The molecule has 0 N–H and O–H groups in total. The molecule has 0 bridgehead atoms. The summed E-state index contributed by atoms with van der Waals surface area (Å²) in [6.07, 6.45) is 3.26. The van der Waals surface area contributed by atoms with Crippen molar-refractivity contribution in [2.75, 3.05) is 0 Å². The molecule has 0 unspecified atom stereocenters. The highest BCUT2D eigenvalue weighted by atomic mass is 32.2. The van der Waals surface area contributed by atoms with Crippen LogP contribution in [-0.4, -0.2) is 6.10 Å². The predicted molar refractivity (Wildman–Crippen MR) is 61.8 cm³/mol. The van der Waals surface area contributed by atoms with Crippen molar-refractivity contribution in [3.05, 3.63) is 23.3 Å². The maximum atomic E-state index is 13.8. The van der Waals surface area contributed by atoms with Gasteiger partial charge in [0.2, 0.25) is 11.6 Å². The van der Waals surface area contributed by atoms with Crippen molar-refractivity contribution in [3.63, 3.8) is 0 Å². The van der Waals surface area contributed by atoms with Gasteiger partial charge in [0.05, 0.1) is 18.1 Å². The second kappa shape index (κ2) is 7.30. The van der Waals surface area contributed by atoms with E-state index in [1.165, 1.54) is 0 Å². The first kappa shape index (κ1) is 16.3. The molecule has 0 saturated heterocycles. The van der Waals surface area contributed by atoms with Gasteiger partial charge in [-0.3, -0.25) is 5.04 Å². The van der Waals surface area contributed by atoms with Gasteiger partial charge in [0.15, 0.2) is 17.4 Å². The van der Waals surface area contributed by atoms with Crippen molar-refractivity contribution >= 4 is 12.0 Å². The first-order valence-corrected chi connectivity index (χ1v) is 6.96. The number of rotatable bonds is 5. The summed E-state index contributed by atoms with van der Waals surface area (Å²) in [5.41, 5.74) is 0. The summed E-state index contributed by atoms with van der Waals surface area (Å²) in [7, 11) is 0. The van der Waals surface area contributed by atoms with Gasteiger partial charge >= 0.3 is 0 Å². The summed E-state index contributed by atoms with van der Waals surface area (Å²) in [6, 6.07) is 0. The van der Waals surface area contributed by atoms with Gasteiger partial charge in [0, 0.05) is 0 Å². The molecule has 0 amide bonds. The van der Waals surface area contributed by atoms with Crippen LogP contribution in [-0.2, 0) is 9.37 Å². The quantitative estimate of drug-likeness (QED) is 0.273. The Kier molecular flexibility index (Phi) is 5.68. The van der Waals surface area contributed by atoms with E-state index in [1.54, 1.807) is 0 Å². The summed E-state index contributed by atoms with van der Waals surface area (Å²) in [6.45, 7) is 0. The fourth-order valence-corrected chi connectivity index (χ4v) is 2.59. The summed E-state index contributed by atoms with van der Waals surface area (Å²) in [4.78, 5) is -1.16. The second-order valence-electron chi connectivity index (χ2n) is 4.51. The standard InChI is InChI=1S/C12H12F4O4S/c13-7-9(15)12(21-20-19-17)10(16)8(14)11(7)18-6-4-2-1-3-5-6/h6,17H,1-5H2/p-1. The van der Waals surface area contributed by atoms with E-state index in [9.17, 15) is 22.8 Å². The van der Waals surface area contributed by atoms with E-state index in [2.05, 4.69) is 9.37 Å². The Hall–Kier alpha value is -1.03. The molecular weight excluding hydrogens is 316 g/mol. The van der Waals surface area contributed by atoms with E-state index in [0.717, 1.165) is 19.3 Å². The maximum absolute atomic E-state index is 13.8. The predicted octanol–water partition coefficient (Wildman–Crippen LogP) is 3.19. The number of hydrogen-bond acceptors (Lipinski definition) is 5. The number of benzene rings is 1. The first-order chi connectivity index (χ1) is 10.1. The third kappa shape index (κ3) is 3.60. The Morgan fingerprint density at radius 1 is 0.905 bits per heavy atom. The molecule has 9 heteroatoms. The third-order valence-electron chi connectivity index (χ3n) is 3.16. The minimum absolute atomic E-state index is 0.264. The topological polar surface area (TPSA) is 50.8 Å². The van der Waals surface area contributed by atoms with E-state index in [1.807, 2.05) is 0 Å². The van der Waals surface area contributed by atoms with E-state index in [0.29, 0.717) is 12.8 Å². The van der Waals surface area contributed by atoms with Gasteiger partial charge in [-0.15, -0.1) is 0 Å². The van der Waals surface area contributed by atoms with Crippen LogP contribution < -0.4 is 9.99 Å². The highest BCUT2D eigenvalue weighted by molar-refractivity contribution is 7.94. The summed E-state index contributed by atoms with van der Waals surface area (Å²) >= 11 is -0.264. The molecule has 1 saturated carbocycles. The number of hydrogen-bond donors (Lipinski definition) is 0. The number of halogens is 4. The fourth-order valence-electron chi connectivity index (χ4n) is 2.17. The highest BCUT2D eigenvalue weighted by Gasteiger charge is 2.29. The highest BCUT2D eigenvalue weighted by Crippen LogP contribution is 2.37. The van der Waals surface area contributed by atoms with Crippen LogP contribution in [0.3, 0.4) is 0 Å². The third-order valence-corrected chi connectivity index (χ3v) is 3.81.